The second-order valence-corrected chi connectivity index (χ2v) is 8.95. The lowest BCUT2D eigenvalue weighted by Crippen LogP contribution is -2.43. The molecular weight excluding hydrogens is 452 g/mol. The van der Waals surface area contributed by atoms with Gasteiger partial charge in [0.2, 0.25) is 0 Å². The molecule has 0 saturated heterocycles. The third kappa shape index (κ3) is 5.89. The molecule has 0 bridgehead atoms. The molecule has 1 amide bonds. The Hall–Kier alpha value is -2.53. The standard InChI is InChI=1S/C22H29ClN4O6/c23-18-6-5-15(27-21(33)26(11-16(30)12-28)19(31)10-25-27)9-17(18)20(32)24-13-22(14-29)7-3-1-2-4-8-22/h5-6,9-10,16,28-30H,1-4,7-8,11-14H2,(H,24,32). The molecule has 10 nitrogen and oxygen atoms in total. The molecule has 1 unspecified atom stereocenters. The van der Waals surface area contributed by atoms with Crippen molar-refractivity contribution in [3.63, 3.8) is 0 Å². The third-order valence-electron chi connectivity index (χ3n) is 6.13. The van der Waals surface area contributed by atoms with E-state index >= 15 is 0 Å². The molecule has 4 N–H and O–H groups in total. The van der Waals surface area contributed by atoms with Gasteiger partial charge in [0.1, 0.15) is 6.20 Å². The Kier molecular flexibility index (Phi) is 8.41. The molecule has 180 valence electrons. The van der Waals surface area contributed by atoms with Gasteiger partial charge in [-0.3, -0.25) is 14.2 Å². The highest BCUT2D eigenvalue weighted by atomic mass is 35.5. The van der Waals surface area contributed by atoms with E-state index in [1.807, 2.05) is 0 Å². The van der Waals surface area contributed by atoms with E-state index in [1.54, 1.807) is 0 Å². The van der Waals surface area contributed by atoms with Crippen molar-refractivity contribution in [2.75, 3.05) is 19.8 Å². The zero-order valence-corrected chi connectivity index (χ0v) is 19.0. The normalized spacial score (nSPS) is 16.7. The van der Waals surface area contributed by atoms with Gasteiger partial charge in [0, 0.05) is 12.0 Å². The molecule has 3 rings (SSSR count). The van der Waals surface area contributed by atoms with Gasteiger partial charge in [-0.05, 0) is 31.0 Å². The Balaban J connectivity index is 1.86. The number of nitrogens with one attached hydrogen (secondary N) is 1. The summed E-state index contributed by atoms with van der Waals surface area (Å²) in [7, 11) is 0. The van der Waals surface area contributed by atoms with Crippen molar-refractivity contribution in [3.8, 4) is 5.69 Å². The quantitative estimate of drug-likeness (QED) is 0.401. The minimum absolute atomic E-state index is 0.0123. The maximum atomic E-state index is 12.9. The molecule has 0 aliphatic heterocycles. The molecule has 1 aromatic heterocycles. The van der Waals surface area contributed by atoms with Gasteiger partial charge in [-0.2, -0.15) is 9.78 Å². The molecular formula is C22H29ClN4O6. The molecule has 1 heterocycles. The monoisotopic (exact) mass is 480 g/mol. The lowest BCUT2D eigenvalue weighted by Gasteiger charge is -2.31. The van der Waals surface area contributed by atoms with Crippen molar-refractivity contribution in [2.45, 2.75) is 51.2 Å². The van der Waals surface area contributed by atoms with Crippen molar-refractivity contribution >= 4 is 17.5 Å². The number of hydrogen-bond donors (Lipinski definition) is 4. The highest BCUT2D eigenvalue weighted by Gasteiger charge is 2.31. The van der Waals surface area contributed by atoms with E-state index in [2.05, 4.69) is 10.4 Å². The molecule has 0 radical (unpaired) electrons. The molecule has 0 spiro atoms. The summed E-state index contributed by atoms with van der Waals surface area (Å²) >= 11 is 6.24. The van der Waals surface area contributed by atoms with Crippen LogP contribution < -0.4 is 16.6 Å². The average Bonchev–Trinajstić information content (AvgIpc) is 3.07. The first-order chi connectivity index (χ1) is 15.8. The smallest absolute Gasteiger partial charge is 0.352 e. The Morgan fingerprint density at radius 2 is 1.88 bits per heavy atom. The summed E-state index contributed by atoms with van der Waals surface area (Å²) in [5.41, 5.74) is -1.60. The van der Waals surface area contributed by atoms with Gasteiger partial charge in [-0.25, -0.2) is 4.79 Å². The number of hydrogen-bond acceptors (Lipinski definition) is 7. The van der Waals surface area contributed by atoms with Crippen LogP contribution >= 0.6 is 11.6 Å². The van der Waals surface area contributed by atoms with Crippen LogP contribution in [0.1, 0.15) is 48.9 Å². The fourth-order valence-corrected chi connectivity index (χ4v) is 4.30. The van der Waals surface area contributed by atoms with Gasteiger partial charge in [-0.1, -0.05) is 37.3 Å². The van der Waals surface area contributed by atoms with Crippen LogP contribution in [0.4, 0.5) is 0 Å². The van der Waals surface area contributed by atoms with Crippen molar-refractivity contribution < 1.29 is 20.1 Å². The largest absolute Gasteiger partial charge is 0.396 e. The summed E-state index contributed by atoms with van der Waals surface area (Å²) in [5, 5.41) is 35.5. The van der Waals surface area contributed by atoms with Crippen LogP contribution in [0.3, 0.4) is 0 Å². The number of amides is 1. The number of carbonyl (C=O) groups is 1. The van der Waals surface area contributed by atoms with Crippen molar-refractivity contribution in [2.24, 2.45) is 5.41 Å². The van der Waals surface area contributed by atoms with Crippen LogP contribution in [-0.2, 0) is 6.54 Å². The first-order valence-electron chi connectivity index (χ1n) is 11.0. The van der Waals surface area contributed by atoms with Crippen LogP contribution in [0.25, 0.3) is 5.69 Å². The van der Waals surface area contributed by atoms with E-state index in [-0.39, 0.29) is 28.3 Å². The predicted molar refractivity (Wildman–Crippen MR) is 122 cm³/mol. The number of benzene rings is 1. The van der Waals surface area contributed by atoms with Crippen LogP contribution in [0.5, 0.6) is 0 Å². The number of aliphatic hydroxyl groups excluding tert-OH is 3. The van der Waals surface area contributed by atoms with E-state index in [0.29, 0.717) is 6.54 Å². The second-order valence-electron chi connectivity index (χ2n) is 8.54. The molecule has 1 aromatic carbocycles. The molecule has 1 saturated carbocycles. The summed E-state index contributed by atoms with van der Waals surface area (Å²) in [6.07, 6.45) is 5.52. The highest BCUT2D eigenvalue weighted by Crippen LogP contribution is 2.34. The van der Waals surface area contributed by atoms with E-state index < -0.39 is 36.4 Å². The third-order valence-corrected chi connectivity index (χ3v) is 6.46. The highest BCUT2D eigenvalue weighted by molar-refractivity contribution is 6.33. The fraction of sp³-hybridized carbons (Fsp3) is 0.545. The fourth-order valence-electron chi connectivity index (χ4n) is 4.10. The number of halogens is 1. The molecule has 33 heavy (non-hydrogen) atoms. The van der Waals surface area contributed by atoms with Crippen molar-refractivity contribution in [1.82, 2.24) is 19.7 Å². The lowest BCUT2D eigenvalue weighted by atomic mass is 9.81. The summed E-state index contributed by atoms with van der Waals surface area (Å²) in [4.78, 5) is 37.7. The first kappa shape index (κ1) is 25.1. The van der Waals surface area contributed by atoms with E-state index in [0.717, 1.165) is 54.0 Å². The summed E-state index contributed by atoms with van der Waals surface area (Å²) in [5.74, 6) is -0.448. The zero-order chi connectivity index (χ0) is 24.0. The van der Waals surface area contributed by atoms with E-state index in [9.17, 15) is 24.6 Å². The van der Waals surface area contributed by atoms with Crippen LogP contribution in [0.2, 0.25) is 5.02 Å². The minimum atomic E-state index is -1.29. The van der Waals surface area contributed by atoms with Gasteiger partial charge < -0.3 is 20.6 Å². The van der Waals surface area contributed by atoms with E-state index in [4.69, 9.17) is 16.7 Å². The van der Waals surface area contributed by atoms with Crippen LogP contribution in [-0.4, -0.2) is 61.4 Å². The Bertz CT molecular complexity index is 1090. The zero-order valence-electron chi connectivity index (χ0n) is 18.2. The van der Waals surface area contributed by atoms with Gasteiger partial charge >= 0.3 is 5.69 Å². The predicted octanol–water partition coefficient (Wildman–Crippen LogP) is 0.464. The number of rotatable bonds is 8. The molecule has 1 aliphatic rings. The summed E-state index contributed by atoms with van der Waals surface area (Å²) < 4.78 is 1.67. The first-order valence-corrected chi connectivity index (χ1v) is 11.3. The molecule has 2 aromatic rings. The Labute approximate surface area is 195 Å². The van der Waals surface area contributed by atoms with Crippen LogP contribution in [0.15, 0.2) is 34.0 Å². The van der Waals surface area contributed by atoms with Gasteiger partial charge in [-0.15, -0.1) is 0 Å². The number of carbonyl (C=O) groups excluding carboxylic acids is 1. The summed E-state index contributed by atoms with van der Waals surface area (Å²) in [6, 6.07) is 4.32. The Morgan fingerprint density at radius 3 is 2.52 bits per heavy atom. The lowest BCUT2D eigenvalue weighted by molar-refractivity contribution is 0.0788. The summed E-state index contributed by atoms with van der Waals surface area (Å²) in [6.45, 7) is -0.720. The maximum Gasteiger partial charge on any atom is 0.352 e. The molecule has 1 atom stereocenters. The SMILES string of the molecule is O=C(NCC1(CO)CCCCCC1)c1cc(-n2ncc(=O)n(CC(O)CO)c2=O)ccc1Cl. The number of nitrogens with zero attached hydrogens (tertiary/aromatic N) is 3. The minimum Gasteiger partial charge on any atom is -0.396 e. The molecule has 1 fully saturated rings. The van der Waals surface area contributed by atoms with Crippen molar-refractivity contribution in [3.05, 3.63) is 55.8 Å². The molecule has 1 aliphatic carbocycles. The molecule has 11 heteroatoms. The van der Waals surface area contributed by atoms with Crippen LogP contribution in [0, 0.1) is 5.41 Å². The second kappa shape index (κ2) is 11.1. The van der Waals surface area contributed by atoms with Crippen molar-refractivity contribution in [1.29, 1.82) is 0 Å². The maximum absolute atomic E-state index is 12.9. The number of aromatic nitrogens is 3. The van der Waals surface area contributed by atoms with Gasteiger partial charge in [0.05, 0.1) is 42.1 Å². The van der Waals surface area contributed by atoms with E-state index in [1.165, 1.54) is 18.2 Å². The Morgan fingerprint density at radius 1 is 1.18 bits per heavy atom. The average molecular weight is 481 g/mol. The van der Waals surface area contributed by atoms with Gasteiger partial charge in [0.25, 0.3) is 11.5 Å². The number of aliphatic hydroxyl groups is 3. The van der Waals surface area contributed by atoms with Gasteiger partial charge in [0.15, 0.2) is 0 Å². The topological polar surface area (TPSA) is 147 Å².